The van der Waals surface area contributed by atoms with Gasteiger partial charge in [-0.15, -0.1) is 0 Å². The van der Waals surface area contributed by atoms with Crippen LogP contribution in [0.25, 0.3) is 27.8 Å². The average molecular weight is 405 g/mol. The number of imidazole rings is 1. The molecule has 0 spiro atoms. The fourth-order valence-electron chi connectivity index (χ4n) is 3.69. The van der Waals surface area contributed by atoms with Crippen LogP contribution in [0, 0.1) is 6.92 Å². The summed E-state index contributed by atoms with van der Waals surface area (Å²) in [5, 5.41) is 11.8. The van der Waals surface area contributed by atoms with E-state index >= 15 is 0 Å². The number of hydrogen-bond donors (Lipinski definition) is 3. The number of nitrogens with two attached hydrogens (primary N) is 1. The summed E-state index contributed by atoms with van der Waals surface area (Å²) in [6.07, 6.45) is 7.21. The van der Waals surface area contributed by atoms with Gasteiger partial charge in [0.15, 0.2) is 5.65 Å². The molecule has 30 heavy (non-hydrogen) atoms. The Labute approximate surface area is 173 Å². The lowest BCUT2D eigenvalue weighted by molar-refractivity contribution is 0.205. The molecule has 3 aromatic heterocycles. The van der Waals surface area contributed by atoms with Crippen molar-refractivity contribution >= 4 is 34.1 Å². The number of primary amides is 1. The van der Waals surface area contributed by atoms with Gasteiger partial charge in [-0.3, -0.25) is 9.55 Å². The first kappa shape index (κ1) is 19.6. The molecular formula is C21H23N7O2. The van der Waals surface area contributed by atoms with Crippen LogP contribution < -0.4 is 11.1 Å². The summed E-state index contributed by atoms with van der Waals surface area (Å²) in [7, 11) is 0. The second kappa shape index (κ2) is 8.32. The van der Waals surface area contributed by atoms with Crippen LogP contribution in [0.1, 0.15) is 31.4 Å². The first-order chi connectivity index (χ1) is 14.5. The Bertz CT molecular complexity index is 1190. The fourth-order valence-corrected chi connectivity index (χ4v) is 3.69. The average Bonchev–Trinajstić information content (AvgIpc) is 3.37. The van der Waals surface area contributed by atoms with E-state index in [1.165, 1.54) is 25.7 Å². The van der Waals surface area contributed by atoms with Crippen molar-refractivity contribution in [3.8, 4) is 5.69 Å². The highest BCUT2D eigenvalue weighted by atomic mass is 16.4. The molecule has 1 aliphatic carbocycles. The van der Waals surface area contributed by atoms with Gasteiger partial charge in [0.1, 0.15) is 11.8 Å². The minimum Gasteiger partial charge on any atom is -0.465 e. The monoisotopic (exact) mass is 405 g/mol. The van der Waals surface area contributed by atoms with E-state index in [4.69, 9.17) is 14.9 Å². The van der Waals surface area contributed by atoms with Crippen molar-refractivity contribution in [1.82, 2.24) is 24.5 Å². The number of nitrogens with one attached hydrogen (secondary N) is 1. The largest absolute Gasteiger partial charge is 0.465 e. The molecule has 9 heteroatoms. The van der Waals surface area contributed by atoms with Gasteiger partial charge < -0.3 is 16.2 Å². The first-order valence-corrected chi connectivity index (χ1v) is 9.82. The minimum absolute atomic E-state index is 0.485. The van der Waals surface area contributed by atoms with Crippen molar-refractivity contribution in [1.29, 1.82) is 0 Å². The summed E-state index contributed by atoms with van der Waals surface area (Å²) in [6.45, 7) is 2.01. The van der Waals surface area contributed by atoms with Gasteiger partial charge in [-0.1, -0.05) is 18.9 Å². The third kappa shape index (κ3) is 4.29. The number of fused-ring (bicyclic) bond motifs is 2. The van der Waals surface area contributed by atoms with Crippen molar-refractivity contribution in [2.45, 2.75) is 38.6 Å². The van der Waals surface area contributed by atoms with Crippen molar-refractivity contribution < 1.29 is 9.90 Å². The van der Waals surface area contributed by atoms with Crippen molar-refractivity contribution in [3.05, 3.63) is 48.5 Å². The predicted octanol–water partition coefficient (Wildman–Crippen LogP) is 3.65. The molecule has 1 amide bonds. The summed E-state index contributed by atoms with van der Waals surface area (Å²) in [4.78, 5) is 27.0. The Morgan fingerprint density at radius 1 is 1.13 bits per heavy atom. The Hall–Kier alpha value is -3.75. The molecule has 4 aromatic rings. The quantitative estimate of drug-likeness (QED) is 0.474. The van der Waals surface area contributed by atoms with Gasteiger partial charge in [-0.05, 0) is 44.0 Å². The number of hydrogen-bond acceptors (Lipinski definition) is 6. The lowest BCUT2D eigenvalue weighted by Crippen LogP contribution is -2.16. The molecule has 1 aliphatic rings. The van der Waals surface area contributed by atoms with E-state index < -0.39 is 6.09 Å². The molecule has 0 aliphatic heterocycles. The summed E-state index contributed by atoms with van der Waals surface area (Å²) < 4.78 is 2.01. The smallest absolute Gasteiger partial charge is 0.402 e. The maximum absolute atomic E-state index is 8.78. The van der Waals surface area contributed by atoms with Crippen LogP contribution in [-0.4, -0.2) is 41.7 Å². The summed E-state index contributed by atoms with van der Waals surface area (Å²) in [6, 6.07) is 10.8. The zero-order chi connectivity index (χ0) is 21.1. The number of carbonyl (C=O) groups is 1. The standard InChI is InChI=1S/C20H20N6.CH3NO2/c1-13-6-7-14-10-16(8-9-17(14)23-13)26-12-22-18-11-21-20(25-19(18)26)24-15-4-2-3-5-15;2-1(3)4/h6-12,15H,2-5H2,1H3,(H,21,24,25);2H2,(H,3,4). The zero-order valence-electron chi connectivity index (χ0n) is 16.6. The summed E-state index contributed by atoms with van der Waals surface area (Å²) in [5.41, 5.74) is 8.69. The Kier molecular flexibility index (Phi) is 5.42. The lowest BCUT2D eigenvalue weighted by Gasteiger charge is -2.11. The number of amides is 1. The van der Waals surface area contributed by atoms with E-state index in [0.29, 0.717) is 12.0 Å². The highest BCUT2D eigenvalue weighted by Gasteiger charge is 2.16. The number of nitrogens with zero attached hydrogens (tertiary/aromatic N) is 5. The molecule has 5 rings (SSSR count). The van der Waals surface area contributed by atoms with E-state index in [9.17, 15) is 0 Å². The normalized spacial score (nSPS) is 13.9. The number of carboxylic acid groups (broad SMARTS) is 1. The molecule has 3 heterocycles. The summed E-state index contributed by atoms with van der Waals surface area (Å²) >= 11 is 0. The number of pyridine rings is 1. The molecule has 0 radical (unpaired) electrons. The van der Waals surface area contributed by atoms with Crippen LogP contribution in [-0.2, 0) is 0 Å². The molecule has 0 atom stereocenters. The molecule has 0 unspecified atom stereocenters. The van der Waals surface area contributed by atoms with E-state index in [1.54, 1.807) is 6.20 Å². The van der Waals surface area contributed by atoms with Gasteiger partial charge in [-0.25, -0.2) is 14.8 Å². The first-order valence-electron chi connectivity index (χ1n) is 9.82. The van der Waals surface area contributed by atoms with Crippen LogP contribution in [0.2, 0.25) is 0 Å². The lowest BCUT2D eigenvalue weighted by atomic mass is 10.2. The number of aromatic nitrogens is 5. The molecule has 1 aromatic carbocycles. The van der Waals surface area contributed by atoms with E-state index in [-0.39, 0.29) is 0 Å². The van der Waals surface area contributed by atoms with Gasteiger partial charge in [-0.2, -0.15) is 4.98 Å². The Balaban J connectivity index is 0.000000503. The third-order valence-electron chi connectivity index (χ3n) is 5.07. The molecular weight excluding hydrogens is 382 g/mol. The topological polar surface area (TPSA) is 132 Å². The number of benzene rings is 1. The maximum atomic E-state index is 8.78. The number of rotatable bonds is 3. The van der Waals surface area contributed by atoms with Gasteiger partial charge >= 0.3 is 6.09 Å². The second-order valence-electron chi connectivity index (χ2n) is 7.31. The van der Waals surface area contributed by atoms with Crippen LogP contribution >= 0.6 is 0 Å². The molecule has 0 saturated heterocycles. The molecule has 0 bridgehead atoms. The SMILES string of the molecule is Cc1ccc2cc(-n3cnc4cnc(NC5CCCC5)nc43)ccc2n1.NC(=O)O. The Morgan fingerprint density at radius 2 is 1.90 bits per heavy atom. The van der Waals surface area contributed by atoms with E-state index in [2.05, 4.69) is 44.2 Å². The highest BCUT2D eigenvalue weighted by molar-refractivity contribution is 5.82. The summed E-state index contributed by atoms with van der Waals surface area (Å²) in [5.74, 6) is 0.684. The Morgan fingerprint density at radius 3 is 2.67 bits per heavy atom. The van der Waals surface area contributed by atoms with E-state index in [0.717, 1.165) is 33.4 Å². The fraction of sp³-hybridized carbons (Fsp3) is 0.286. The third-order valence-corrected chi connectivity index (χ3v) is 5.07. The molecule has 154 valence electrons. The maximum Gasteiger partial charge on any atom is 0.402 e. The van der Waals surface area contributed by atoms with Crippen LogP contribution in [0.4, 0.5) is 10.7 Å². The second-order valence-corrected chi connectivity index (χ2v) is 7.31. The van der Waals surface area contributed by atoms with Crippen molar-refractivity contribution in [2.24, 2.45) is 5.73 Å². The van der Waals surface area contributed by atoms with Gasteiger partial charge in [0.05, 0.1) is 11.7 Å². The van der Waals surface area contributed by atoms with Gasteiger partial charge in [0, 0.05) is 22.8 Å². The minimum atomic E-state index is -1.33. The van der Waals surface area contributed by atoms with Gasteiger partial charge in [0.2, 0.25) is 5.95 Å². The van der Waals surface area contributed by atoms with E-state index in [1.807, 2.05) is 30.0 Å². The number of aryl methyl sites for hydroxylation is 1. The van der Waals surface area contributed by atoms with Crippen molar-refractivity contribution in [2.75, 3.05) is 5.32 Å². The van der Waals surface area contributed by atoms with Crippen LogP contribution in [0.3, 0.4) is 0 Å². The van der Waals surface area contributed by atoms with Gasteiger partial charge in [0.25, 0.3) is 0 Å². The number of anilines is 1. The highest BCUT2D eigenvalue weighted by Crippen LogP contribution is 2.23. The molecule has 1 fully saturated rings. The molecule has 4 N–H and O–H groups in total. The molecule has 9 nitrogen and oxygen atoms in total. The molecule has 1 saturated carbocycles. The van der Waals surface area contributed by atoms with Crippen LogP contribution in [0.15, 0.2) is 42.9 Å². The predicted molar refractivity (Wildman–Crippen MR) is 115 cm³/mol. The van der Waals surface area contributed by atoms with Crippen LogP contribution in [0.5, 0.6) is 0 Å². The van der Waals surface area contributed by atoms with Crippen molar-refractivity contribution in [3.63, 3.8) is 0 Å². The zero-order valence-corrected chi connectivity index (χ0v) is 16.6.